The highest BCUT2D eigenvalue weighted by molar-refractivity contribution is 4.64. The molecule has 3 N–H and O–H groups in total. The summed E-state index contributed by atoms with van der Waals surface area (Å²) < 4.78 is 9.22. The third-order valence-electron chi connectivity index (χ3n) is 1.33. The van der Waals surface area contributed by atoms with Crippen LogP contribution in [0.5, 0.6) is 0 Å². The Kier molecular flexibility index (Phi) is 7.33. The van der Waals surface area contributed by atoms with Crippen LogP contribution < -0.4 is 0 Å². The maximum Gasteiger partial charge on any atom is 0.209 e. The Balaban J connectivity index is 3.24. The molecule has 0 aromatic rings. The molecule has 73 valence electrons. The van der Waals surface area contributed by atoms with Crippen LogP contribution in [0, 0.1) is 6.79 Å². The first-order chi connectivity index (χ1) is 5.72. The molecular formula is C7H15O5. The van der Waals surface area contributed by atoms with Gasteiger partial charge < -0.3 is 24.8 Å². The van der Waals surface area contributed by atoms with Crippen LogP contribution in [0.1, 0.15) is 6.42 Å². The lowest BCUT2D eigenvalue weighted by Crippen LogP contribution is -2.30. The van der Waals surface area contributed by atoms with Crippen LogP contribution in [0.15, 0.2) is 0 Å². The van der Waals surface area contributed by atoms with Gasteiger partial charge in [0.2, 0.25) is 6.79 Å². The SMILES string of the molecule is CO[CH]OCCC(O)C(O)CO. The van der Waals surface area contributed by atoms with E-state index in [0.717, 1.165) is 6.79 Å². The fourth-order valence-corrected chi connectivity index (χ4v) is 0.619. The predicted octanol–water partition coefficient (Wildman–Crippen LogP) is -1.13. The molecule has 0 saturated carbocycles. The van der Waals surface area contributed by atoms with E-state index < -0.39 is 18.8 Å². The summed E-state index contributed by atoms with van der Waals surface area (Å²) in [5.41, 5.74) is 0. The fraction of sp³-hybridized carbons (Fsp3) is 0.857. The van der Waals surface area contributed by atoms with Crippen molar-refractivity contribution in [2.75, 3.05) is 20.3 Å². The second-order valence-electron chi connectivity index (χ2n) is 2.31. The Hall–Kier alpha value is -0.200. The molecule has 0 fully saturated rings. The van der Waals surface area contributed by atoms with Gasteiger partial charge in [0.1, 0.15) is 6.10 Å². The number of aliphatic hydroxyl groups excluding tert-OH is 3. The van der Waals surface area contributed by atoms with Crippen LogP contribution in [0.25, 0.3) is 0 Å². The van der Waals surface area contributed by atoms with Crippen LogP contribution in [-0.2, 0) is 9.47 Å². The lowest BCUT2D eigenvalue weighted by molar-refractivity contribution is -0.0357. The normalized spacial score (nSPS) is 16.0. The third-order valence-corrected chi connectivity index (χ3v) is 1.33. The maximum absolute atomic E-state index is 9.07. The largest absolute Gasteiger partial charge is 0.394 e. The van der Waals surface area contributed by atoms with Crippen molar-refractivity contribution in [2.24, 2.45) is 0 Å². The summed E-state index contributed by atoms with van der Waals surface area (Å²) in [6.07, 6.45) is -1.81. The molecule has 0 aromatic heterocycles. The summed E-state index contributed by atoms with van der Waals surface area (Å²) in [5.74, 6) is 0. The number of methoxy groups -OCH3 is 1. The van der Waals surface area contributed by atoms with E-state index in [1.165, 1.54) is 7.11 Å². The number of hydrogen-bond donors (Lipinski definition) is 3. The van der Waals surface area contributed by atoms with Gasteiger partial charge in [-0.1, -0.05) is 0 Å². The molecule has 2 unspecified atom stereocenters. The zero-order valence-corrected chi connectivity index (χ0v) is 7.01. The summed E-state index contributed by atoms with van der Waals surface area (Å²) in [5, 5.41) is 26.4. The van der Waals surface area contributed by atoms with Gasteiger partial charge in [0.15, 0.2) is 0 Å². The molecule has 1 radical (unpaired) electrons. The molecule has 5 heteroatoms. The van der Waals surface area contributed by atoms with E-state index in [-0.39, 0.29) is 13.0 Å². The van der Waals surface area contributed by atoms with Crippen molar-refractivity contribution in [3.8, 4) is 0 Å². The van der Waals surface area contributed by atoms with Crippen LogP contribution in [0.3, 0.4) is 0 Å². The highest BCUT2D eigenvalue weighted by atomic mass is 16.7. The Bertz CT molecular complexity index is 97.8. The predicted molar refractivity (Wildman–Crippen MR) is 41.0 cm³/mol. The molecule has 0 heterocycles. The van der Waals surface area contributed by atoms with Gasteiger partial charge in [-0.25, -0.2) is 0 Å². The van der Waals surface area contributed by atoms with Crippen molar-refractivity contribution >= 4 is 0 Å². The Morgan fingerprint density at radius 2 is 2.00 bits per heavy atom. The molecule has 2 atom stereocenters. The molecule has 0 aliphatic rings. The summed E-state index contributed by atoms with van der Waals surface area (Å²) in [4.78, 5) is 0. The quantitative estimate of drug-likeness (QED) is 0.431. The van der Waals surface area contributed by atoms with E-state index in [9.17, 15) is 0 Å². The van der Waals surface area contributed by atoms with E-state index in [0.29, 0.717) is 0 Å². The number of hydrogen-bond acceptors (Lipinski definition) is 5. The molecule has 0 rings (SSSR count). The summed E-state index contributed by atoms with van der Waals surface area (Å²) in [6.45, 7) is 0.930. The molecular weight excluding hydrogens is 164 g/mol. The van der Waals surface area contributed by atoms with Crippen LogP contribution in [-0.4, -0.2) is 47.9 Å². The molecule has 0 aliphatic carbocycles. The smallest absolute Gasteiger partial charge is 0.209 e. The molecule has 5 nitrogen and oxygen atoms in total. The van der Waals surface area contributed by atoms with Gasteiger partial charge in [-0.3, -0.25) is 0 Å². The highest BCUT2D eigenvalue weighted by Crippen LogP contribution is 1.99. The van der Waals surface area contributed by atoms with Crippen molar-refractivity contribution in [1.82, 2.24) is 0 Å². The average molecular weight is 179 g/mol. The van der Waals surface area contributed by atoms with Crippen molar-refractivity contribution in [3.63, 3.8) is 0 Å². The summed E-state index contributed by atoms with van der Waals surface area (Å²) >= 11 is 0. The van der Waals surface area contributed by atoms with Gasteiger partial charge in [0.05, 0.1) is 19.3 Å². The number of rotatable bonds is 7. The van der Waals surface area contributed by atoms with Gasteiger partial charge in [-0.15, -0.1) is 0 Å². The standard InChI is InChI=1S/C7H15O5/c1-11-5-12-3-2-6(9)7(10)4-8/h5-10H,2-4H2,1H3. The van der Waals surface area contributed by atoms with Gasteiger partial charge in [-0.2, -0.15) is 0 Å². The molecule has 0 aromatic carbocycles. The summed E-state index contributed by atoms with van der Waals surface area (Å²) in [6, 6.07) is 0. The highest BCUT2D eigenvalue weighted by Gasteiger charge is 2.14. The van der Waals surface area contributed by atoms with Gasteiger partial charge in [-0.05, 0) is 6.42 Å². The second-order valence-corrected chi connectivity index (χ2v) is 2.31. The van der Waals surface area contributed by atoms with Crippen LogP contribution in [0.4, 0.5) is 0 Å². The average Bonchev–Trinajstić information content (AvgIpc) is 2.10. The molecule has 0 amide bonds. The molecule has 0 aliphatic heterocycles. The Morgan fingerprint density at radius 3 is 2.50 bits per heavy atom. The van der Waals surface area contributed by atoms with E-state index >= 15 is 0 Å². The molecule has 0 spiro atoms. The Labute approximate surface area is 71.5 Å². The summed E-state index contributed by atoms with van der Waals surface area (Å²) in [7, 11) is 1.44. The first-order valence-electron chi connectivity index (χ1n) is 3.65. The minimum Gasteiger partial charge on any atom is -0.394 e. The van der Waals surface area contributed by atoms with E-state index in [1.807, 2.05) is 0 Å². The lowest BCUT2D eigenvalue weighted by Gasteiger charge is -2.14. The van der Waals surface area contributed by atoms with E-state index in [2.05, 4.69) is 4.74 Å². The van der Waals surface area contributed by atoms with Gasteiger partial charge >= 0.3 is 0 Å². The number of aliphatic hydroxyl groups is 3. The Morgan fingerprint density at radius 1 is 1.33 bits per heavy atom. The van der Waals surface area contributed by atoms with Crippen molar-refractivity contribution in [1.29, 1.82) is 0 Å². The zero-order chi connectivity index (χ0) is 9.40. The van der Waals surface area contributed by atoms with Gasteiger partial charge in [0, 0.05) is 7.11 Å². The molecule has 0 saturated heterocycles. The van der Waals surface area contributed by atoms with Crippen molar-refractivity contribution in [3.05, 3.63) is 6.79 Å². The van der Waals surface area contributed by atoms with Crippen molar-refractivity contribution in [2.45, 2.75) is 18.6 Å². The molecule has 12 heavy (non-hydrogen) atoms. The van der Waals surface area contributed by atoms with Gasteiger partial charge in [0.25, 0.3) is 0 Å². The molecule has 0 bridgehead atoms. The number of ether oxygens (including phenoxy) is 2. The first kappa shape index (κ1) is 11.8. The minimum atomic E-state index is -1.10. The topological polar surface area (TPSA) is 79.2 Å². The minimum absolute atomic E-state index is 0.242. The zero-order valence-electron chi connectivity index (χ0n) is 7.01. The van der Waals surface area contributed by atoms with E-state index in [1.54, 1.807) is 0 Å². The second kappa shape index (κ2) is 7.45. The van der Waals surface area contributed by atoms with Crippen molar-refractivity contribution < 1.29 is 24.8 Å². The maximum atomic E-state index is 9.07. The first-order valence-corrected chi connectivity index (χ1v) is 3.65. The van der Waals surface area contributed by atoms with Crippen LogP contribution in [0.2, 0.25) is 0 Å². The van der Waals surface area contributed by atoms with E-state index in [4.69, 9.17) is 20.1 Å². The fourth-order valence-electron chi connectivity index (χ4n) is 0.619. The lowest BCUT2D eigenvalue weighted by atomic mass is 10.1. The third kappa shape index (κ3) is 5.45. The van der Waals surface area contributed by atoms with Crippen LogP contribution >= 0.6 is 0 Å². The monoisotopic (exact) mass is 179 g/mol.